The van der Waals surface area contributed by atoms with Gasteiger partial charge in [0.05, 0.1) is 23.8 Å². The number of fused-ring (bicyclic) bond motifs is 1. The molecule has 0 radical (unpaired) electrons. The Morgan fingerprint density at radius 2 is 2.18 bits per heavy atom. The van der Waals surface area contributed by atoms with Gasteiger partial charge in [0.1, 0.15) is 12.0 Å². The summed E-state index contributed by atoms with van der Waals surface area (Å²) in [6.45, 7) is 0.958. The molecule has 3 N–H and O–H groups in total. The lowest BCUT2D eigenvalue weighted by Gasteiger charge is -2.14. The van der Waals surface area contributed by atoms with Gasteiger partial charge in [-0.15, -0.1) is 0 Å². The fourth-order valence-electron chi connectivity index (χ4n) is 2.93. The second-order valence-electron chi connectivity index (χ2n) is 5.40. The Bertz CT molecular complexity index is 830. The van der Waals surface area contributed by atoms with Crippen LogP contribution in [-0.2, 0) is 0 Å². The molecule has 7 heteroatoms. The van der Waals surface area contributed by atoms with E-state index in [2.05, 4.69) is 20.3 Å². The average Bonchev–Trinajstić information content (AvgIpc) is 3.13. The zero-order valence-corrected chi connectivity index (χ0v) is 11.8. The smallest absolute Gasteiger partial charge is 0.155 e. The number of aromatic nitrogens is 4. The number of pyridine rings is 1. The van der Waals surface area contributed by atoms with Gasteiger partial charge in [0.2, 0.25) is 0 Å². The van der Waals surface area contributed by atoms with Crippen molar-refractivity contribution in [2.45, 2.75) is 12.1 Å². The lowest BCUT2D eigenvalue weighted by atomic mass is 9.97. The first-order chi connectivity index (χ1) is 10.7. The summed E-state index contributed by atoms with van der Waals surface area (Å²) in [6.07, 6.45) is 6.00. The molecule has 0 aromatic carbocycles. The SMILES string of the molecule is Nc1nc(-c2cnc3cnccn23)ccc1[C@H]1CNC[C@H]1F. The molecule has 0 saturated carbocycles. The highest BCUT2D eigenvalue weighted by Gasteiger charge is 2.30. The number of halogens is 1. The summed E-state index contributed by atoms with van der Waals surface area (Å²) in [7, 11) is 0. The van der Waals surface area contributed by atoms with E-state index in [1.54, 1.807) is 18.6 Å². The van der Waals surface area contributed by atoms with E-state index in [1.807, 2.05) is 22.7 Å². The predicted octanol–water partition coefficient (Wildman–Crippen LogP) is 1.40. The van der Waals surface area contributed by atoms with Gasteiger partial charge < -0.3 is 11.1 Å². The summed E-state index contributed by atoms with van der Waals surface area (Å²) in [5.74, 6) is 0.144. The highest BCUT2D eigenvalue weighted by Crippen LogP contribution is 2.30. The van der Waals surface area contributed by atoms with E-state index in [4.69, 9.17) is 5.73 Å². The first-order valence-electron chi connectivity index (χ1n) is 7.12. The molecule has 0 bridgehead atoms. The van der Waals surface area contributed by atoms with Crippen LogP contribution in [0.2, 0.25) is 0 Å². The normalized spacial score (nSPS) is 21.5. The van der Waals surface area contributed by atoms with E-state index in [9.17, 15) is 4.39 Å². The van der Waals surface area contributed by atoms with Crippen LogP contribution in [0.4, 0.5) is 10.2 Å². The van der Waals surface area contributed by atoms with Crippen molar-refractivity contribution in [2.24, 2.45) is 0 Å². The largest absolute Gasteiger partial charge is 0.383 e. The van der Waals surface area contributed by atoms with Gasteiger partial charge in [0.25, 0.3) is 0 Å². The van der Waals surface area contributed by atoms with Gasteiger partial charge in [-0.25, -0.2) is 14.4 Å². The average molecular weight is 298 g/mol. The molecule has 0 spiro atoms. The van der Waals surface area contributed by atoms with E-state index < -0.39 is 6.17 Å². The summed E-state index contributed by atoms with van der Waals surface area (Å²) in [5, 5.41) is 3.03. The van der Waals surface area contributed by atoms with E-state index in [-0.39, 0.29) is 5.92 Å². The van der Waals surface area contributed by atoms with Crippen LogP contribution in [-0.4, -0.2) is 38.6 Å². The van der Waals surface area contributed by atoms with Crippen LogP contribution in [0.15, 0.2) is 36.9 Å². The molecule has 22 heavy (non-hydrogen) atoms. The van der Waals surface area contributed by atoms with E-state index in [0.29, 0.717) is 24.6 Å². The molecule has 4 heterocycles. The minimum atomic E-state index is -0.920. The van der Waals surface area contributed by atoms with E-state index >= 15 is 0 Å². The molecule has 0 amide bonds. The Morgan fingerprint density at radius 1 is 1.27 bits per heavy atom. The number of anilines is 1. The number of nitrogens with two attached hydrogens (primary N) is 1. The summed E-state index contributed by atoms with van der Waals surface area (Å²) in [5.41, 5.74) is 9.11. The van der Waals surface area contributed by atoms with Gasteiger partial charge in [0.15, 0.2) is 5.65 Å². The Balaban J connectivity index is 1.76. The topological polar surface area (TPSA) is 81.1 Å². The molecule has 2 atom stereocenters. The molecule has 1 saturated heterocycles. The Morgan fingerprint density at radius 3 is 2.95 bits per heavy atom. The van der Waals surface area contributed by atoms with Gasteiger partial charge in [0, 0.05) is 37.0 Å². The van der Waals surface area contributed by atoms with Crippen molar-refractivity contribution in [3.05, 3.63) is 42.5 Å². The maximum absolute atomic E-state index is 13.9. The van der Waals surface area contributed by atoms with Crippen molar-refractivity contribution in [1.82, 2.24) is 24.7 Å². The minimum Gasteiger partial charge on any atom is -0.383 e. The first kappa shape index (κ1) is 13.1. The maximum atomic E-state index is 13.9. The quantitative estimate of drug-likeness (QED) is 0.747. The number of nitrogen functional groups attached to an aromatic ring is 1. The molecule has 0 aliphatic carbocycles. The molecule has 1 aliphatic rings. The van der Waals surface area contributed by atoms with E-state index in [1.165, 1.54) is 0 Å². The Hall–Kier alpha value is -2.54. The molecule has 6 nitrogen and oxygen atoms in total. The lowest BCUT2D eigenvalue weighted by molar-refractivity contribution is 0.332. The molecule has 112 valence electrons. The van der Waals surface area contributed by atoms with Crippen molar-refractivity contribution in [1.29, 1.82) is 0 Å². The predicted molar refractivity (Wildman–Crippen MR) is 81.1 cm³/mol. The molecule has 3 aromatic heterocycles. The van der Waals surface area contributed by atoms with Crippen LogP contribution in [0, 0.1) is 0 Å². The molecule has 1 aliphatic heterocycles. The van der Waals surface area contributed by atoms with Gasteiger partial charge in [-0.1, -0.05) is 6.07 Å². The number of imidazole rings is 1. The summed E-state index contributed by atoms with van der Waals surface area (Å²) in [4.78, 5) is 12.8. The molecular weight excluding hydrogens is 283 g/mol. The third kappa shape index (κ3) is 2.01. The number of nitrogens with one attached hydrogen (secondary N) is 1. The molecular formula is C15H15FN6. The lowest BCUT2D eigenvalue weighted by Crippen LogP contribution is -2.14. The number of alkyl halides is 1. The minimum absolute atomic E-state index is 0.229. The van der Waals surface area contributed by atoms with Crippen LogP contribution < -0.4 is 11.1 Å². The second kappa shape index (κ2) is 5.03. The van der Waals surface area contributed by atoms with Crippen LogP contribution in [0.1, 0.15) is 11.5 Å². The number of nitrogens with zero attached hydrogens (tertiary/aromatic N) is 4. The van der Waals surface area contributed by atoms with Gasteiger partial charge in [-0.05, 0) is 6.07 Å². The van der Waals surface area contributed by atoms with Gasteiger partial charge in [-0.3, -0.25) is 9.38 Å². The molecule has 1 fully saturated rings. The molecule has 0 unspecified atom stereocenters. The van der Waals surface area contributed by atoms with Gasteiger partial charge in [-0.2, -0.15) is 0 Å². The Kier molecular flexibility index (Phi) is 3.00. The van der Waals surface area contributed by atoms with Crippen LogP contribution in [0.5, 0.6) is 0 Å². The third-order valence-corrected chi connectivity index (χ3v) is 4.08. The van der Waals surface area contributed by atoms with Crippen molar-refractivity contribution in [3.8, 4) is 11.4 Å². The third-order valence-electron chi connectivity index (χ3n) is 4.08. The first-order valence-corrected chi connectivity index (χ1v) is 7.12. The van der Waals surface area contributed by atoms with Gasteiger partial charge >= 0.3 is 0 Å². The summed E-state index contributed by atoms with van der Waals surface area (Å²) < 4.78 is 15.8. The van der Waals surface area contributed by atoms with Crippen LogP contribution >= 0.6 is 0 Å². The second-order valence-corrected chi connectivity index (χ2v) is 5.40. The van der Waals surface area contributed by atoms with E-state index in [0.717, 1.165) is 16.9 Å². The van der Waals surface area contributed by atoms with Crippen molar-refractivity contribution in [3.63, 3.8) is 0 Å². The number of hydrogen-bond donors (Lipinski definition) is 2. The van der Waals surface area contributed by atoms with Crippen LogP contribution in [0.3, 0.4) is 0 Å². The maximum Gasteiger partial charge on any atom is 0.155 e. The fourth-order valence-corrected chi connectivity index (χ4v) is 2.93. The van der Waals surface area contributed by atoms with Crippen molar-refractivity contribution in [2.75, 3.05) is 18.8 Å². The zero-order valence-electron chi connectivity index (χ0n) is 11.8. The molecule has 3 aromatic rings. The van der Waals surface area contributed by atoms with Crippen molar-refractivity contribution >= 4 is 11.5 Å². The fraction of sp³-hybridized carbons (Fsp3) is 0.267. The van der Waals surface area contributed by atoms with Crippen LogP contribution in [0.25, 0.3) is 17.0 Å². The van der Waals surface area contributed by atoms with Crippen molar-refractivity contribution < 1.29 is 4.39 Å². The summed E-state index contributed by atoms with van der Waals surface area (Å²) in [6, 6.07) is 3.73. The number of hydrogen-bond acceptors (Lipinski definition) is 5. The highest BCUT2D eigenvalue weighted by atomic mass is 19.1. The Labute approximate surface area is 126 Å². The zero-order chi connectivity index (χ0) is 15.1. The number of rotatable bonds is 2. The summed E-state index contributed by atoms with van der Waals surface area (Å²) >= 11 is 0. The molecule has 4 rings (SSSR count). The highest BCUT2D eigenvalue weighted by molar-refractivity contribution is 5.62. The standard InChI is InChI=1S/C15H15FN6/c16-11-6-19-5-10(11)9-1-2-12(21-15(9)17)13-7-20-14-8-18-3-4-22(13)14/h1-4,7-8,10-11,19H,5-6H2,(H2,17,21)/t10-,11-/m1/s1. The monoisotopic (exact) mass is 298 g/mol.